The van der Waals surface area contributed by atoms with Gasteiger partial charge in [-0.05, 0) is 31.3 Å². The molecule has 0 unspecified atom stereocenters. The summed E-state index contributed by atoms with van der Waals surface area (Å²) in [6, 6.07) is 12.6. The van der Waals surface area contributed by atoms with Crippen molar-refractivity contribution in [2.45, 2.75) is 6.54 Å². The van der Waals surface area contributed by atoms with Crippen LogP contribution in [0.25, 0.3) is 0 Å². The smallest absolute Gasteiger partial charge is 0.238 e. The summed E-state index contributed by atoms with van der Waals surface area (Å²) in [6.07, 6.45) is 1.60. The summed E-state index contributed by atoms with van der Waals surface area (Å²) in [5, 5.41) is 11.7. The average Bonchev–Trinajstić information content (AvgIpc) is 2.91. The maximum atomic E-state index is 11.9. The largest absolute Gasteiger partial charge is 0.468 e. The lowest BCUT2D eigenvalue weighted by atomic mass is 10.2. The molecule has 1 amide bonds. The lowest BCUT2D eigenvalue weighted by molar-refractivity contribution is -0.117. The number of nitriles is 1. The molecule has 5 heteroatoms. The van der Waals surface area contributed by atoms with Crippen molar-refractivity contribution in [2.24, 2.45) is 0 Å². The summed E-state index contributed by atoms with van der Waals surface area (Å²) < 4.78 is 5.22. The molecule has 20 heavy (non-hydrogen) atoms. The molecule has 0 bridgehead atoms. The van der Waals surface area contributed by atoms with E-state index < -0.39 is 0 Å². The van der Waals surface area contributed by atoms with Crippen molar-refractivity contribution in [3.05, 3.63) is 54.0 Å². The number of nitrogens with zero attached hydrogens (tertiary/aromatic N) is 2. The fourth-order valence-electron chi connectivity index (χ4n) is 1.85. The van der Waals surface area contributed by atoms with E-state index >= 15 is 0 Å². The van der Waals surface area contributed by atoms with Gasteiger partial charge in [0.1, 0.15) is 11.8 Å². The van der Waals surface area contributed by atoms with E-state index in [9.17, 15) is 4.79 Å². The predicted molar refractivity (Wildman–Crippen MR) is 74.8 cm³/mol. The van der Waals surface area contributed by atoms with Crippen molar-refractivity contribution in [3.63, 3.8) is 0 Å². The van der Waals surface area contributed by atoms with Gasteiger partial charge in [0.15, 0.2) is 0 Å². The molecule has 0 aliphatic carbocycles. The number of anilines is 1. The van der Waals surface area contributed by atoms with Crippen molar-refractivity contribution in [1.82, 2.24) is 4.90 Å². The van der Waals surface area contributed by atoms with E-state index in [4.69, 9.17) is 9.68 Å². The first-order valence-electron chi connectivity index (χ1n) is 6.19. The van der Waals surface area contributed by atoms with Crippen LogP contribution < -0.4 is 5.32 Å². The highest BCUT2D eigenvalue weighted by atomic mass is 16.3. The topological polar surface area (TPSA) is 69.3 Å². The first kappa shape index (κ1) is 13.8. The van der Waals surface area contributed by atoms with Crippen LogP contribution in [0.5, 0.6) is 0 Å². The average molecular weight is 269 g/mol. The highest BCUT2D eigenvalue weighted by Gasteiger charge is 2.10. The number of hydrogen-bond acceptors (Lipinski definition) is 4. The normalized spacial score (nSPS) is 10.2. The number of amides is 1. The fourth-order valence-corrected chi connectivity index (χ4v) is 1.85. The molecule has 0 radical (unpaired) electrons. The number of hydrogen-bond donors (Lipinski definition) is 1. The van der Waals surface area contributed by atoms with E-state index in [0.717, 1.165) is 5.76 Å². The quantitative estimate of drug-likeness (QED) is 0.903. The Kier molecular flexibility index (Phi) is 4.53. The SMILES string of the molecule is CN(CC(=O)Nc1ccccc1C#N)Cc1ccco1. The lowest BCUT2D eigenvalue weighted by Gasteiger charge is -2.15. The minimum absolute atomic E-state index is 0.165. The third-order valence-electron chi connectivity index (χ3n) is 2.74. The zero-order valence-electron chi connectivity index (χ0n) is 11.2. The third-order valence-corrected chi connectivity index (χ3v) is 2.74. The molecule has 1 aromatic carbocycles. The molecule has 2 aromatic rings. The van der Waals surface area contributed by atoms with Crippen LogP contribution in [0.1, 0.15) is 11.3 Å². The van der Waals surface area contributed by atoms with Crippen LogP contribution in [0.3, 0.4) is 0 Å². The first-order chi connectivity index (χ1) is 9.69. The van der Waals surface area contributed by atoms with E-state index in [1.54, 1.807) is 30.5 Å². The second-order valence-corrected chi connectivity index (χ2v) is 4.46. The molecule has 5 nitrogen and oxygen atoms in total. The third kappa shape index (κ3) is 3.70. The Morgan fingerprint density at radius 1 is 1.35 bits per heavy atom. The van der Waals surface area contributed by atoms with Crippen LogP contribution in [0.2, 0.25) is 0 Å². The molecule has 1 heterocycles. The molecule has 0 atom stereocenters. The van der Waals surface area contributed by atoms with Crippen LogP contribution >= 0.6 is 0 Å². The summed E-state index contributed by atoms with van der Waals surface area (Å²) in [4.78, 5) is 13.8. The van der Waals surface area contributed by atoms with Gasteiger partial charge >= 0.3 is 0 Å². The number of furan rings is 1. The summed E-state index contributed by atoms with van der Waals surface area (Å²) in [6.45, 7) is 0.779. The summed E-state index contributed by atoms with van der Waals surface area (Å²) in [5.74, 6) is 0.638. The number of carbonyl (C=O) groups excluding carboxylic acids is 1. The van der Waals surface area contributed by atoms with E-state index in [1.807, 2.05) is 30.1 Å². The van der Waals surface area contributed by atoms with Gasteiger partial charge in [-0.2, -0.15) is 5.26 Å². The molecule has 1 N–H and O–H groups in total. The van der Waals surface area contributed by atoms with Crippen LogP contribution in [-0.4, -0.2) is 24.4 Å². The molecule has 102 valence electrons. The van der Waals surface area contributed by atoms with Crippen molar-refractivity contribution in [1.29, 1.82) is 5.26 Å². The Hall–Kier alpha value is -2.58. The van der Waals surface area contributed by atoms with Crippen molar-refractivity contribution in [2.75, 3.05) is 18.9 Å². The van der Waals surface area contributed by atoms with Gasteiger partial charge in [0.2, 0.25) is 5.91 Å². The number of benzene rings is 1. The standard InChI is InChI=1S/C15H15N3O2/c1-18(10-13-6-4-8-20-13)11-15(19)17-14-7-3-2-5-12(14)9-16/h2-8H,10-11H2,1H3,(H,17,19). The first-order valence-corrected chi connectivity index (χ1v) is 6.19. The van der Waals surface area contributed by atoms with E-state index in [2.05, 4.69) is 5.32 Å². The van der Waals surface area contributed by atoms with Gasteiger partial charge in [-0.25, -0.2) is 0 Å². The molecule has 0 saturated carbocycles. The number of carbonyl (C=O) groups is 1. The fraction of sp³-hybridized carbons (Fsp3) is 0.200. The highest BCUT2D eigenvalue weighted by molar-refractivity contribution is 5.93. The van der Waals surface area contributed by atoms with Crippen LogP contribution in [-0.2, 0) is 11.3 Å². The predicted octanol–water partition coefficient (Wildman–Crippen LogP) is 2.22. The minimum Gasteiger partial charge on any atom is -0.468 e. The van der Waals surface area contributed by atoms with E-state index in [0.29, 0.717) is 17.8 Å². The summed E-state index contributed by atoms with van der Waals surface area (Å²) in [7, 11) is 1.83. The van der Waals surface area contributed by atoms with Crippen molar-refractivity contribution in [3.8, 4) is 6.07 Å². The molecule has 0 saturated heterocycles. The van der Waals surface area contributed by atoms with Crippen LogP contribution in [0, 0.1) is 11.3 Å². The molecule has 0 fully saturated rings. The van der Waals surface area contributed by atoms with Crippen LogP contribution in [0.4, 0.5) is 5.69 Å². The molecule has 0 spiro atoms. The summed E-state index contributed by atoms with van der Waals surface area (Å²) in [5.41, 5.74) is 0.987. The van der Waals surface area contributed by atoms with Gasteiger partial charge in [-0.15, -0.1) is 0 Å². The Balaban J connectivity index is 1.91. The van der Waals surface area contributed by atoms with Gasteiger partial charge in [-0.3, -0.25) is 9.69 Å². The Morgan fingerprint density at radius 3 is 2.85 bits per heavy atom. The molecule has 0 aliphatic heterocycles. The lowest BCUT2D eigenvalue weighted by Crippen LogP contribution is -2.29. The number of rotatable bonds is 5. The molecular formula is C15H15N3O2. The van der Waals surface area contributed by atoms with Gasteiger partial charge in [0.05, 0.1) is 30.6 Å². The minimum atomic E-state index is -0.165. The summed E-state index contributed by atoms with van der Waals surface area (Å²) >= 11 is 0. The van der Waals surface area contributed by atoms with Gasteiger partial charge in [0.25, 0.3) is 0 Å². The molecular weight excluding hydrogens is 254 g/mol. The Morgan fingerprint density at radius 2 is 2.15 bits per heavy atom. The Labute approximate surface area is 117 Å². The zero-order valence-corrected chi connectivity index (χ0v) is 11.2. The monoisotopic (exact) mass is 269 g/mol. The number of nitrogens with one attached hydrogen (secondary N) is 1. The second kappa shape index (κ2) is 6.55. The Bertz CT molecular complexity index is 614. The number of likely N-dealkylation sites (N-methyl/N-ethyl adjacent to an activating group) is 1. The van der Waals surface area contributed by atoms with E-state index in [-0.39, 0.29) is 12.5 Å². The van der Waals surface area contributed by atoms with E-state index in [1.165, 1.54) is 0 Å². The zero-order chi connectivity index (χ0) is 14.4. The van der Waals surface area contributed by atoms with Crippen molar-refractivity contribution < 1.29 is 9.21 Å². The number of para-hydroxylation sites is 1. The van der Waals surface area contributed by atoms with Gasteiger partial charge in [0, 0.05) is 0 Å². The maximum absolute atomic E-state index is 11.9. The van der Waals surface area contributed by atoms with Crippen molar-refractivity contribution >= 4 is 11.6 Å². The molecule has 1 aromatic heterocycles. The molecule has 2 rings (SSSR count). The highest BCUT2D eigenvalue weighted by Crippen LogP contribution is 2.13. The van der Waals surface area contributed by atoms with Crippen LogP contribution in [0.15, 0.2) is 47.1 Å². The second-order valence-electron chi connectivity index (χ2n) is 4.46. The molecule has 0 aliphatic rings. The maximum Gasteiger partial charge on any atom is 0.238 e. The van der Waals surface area contributed by atoms with Gasteiger partial charge in [-0.1, -0.05) is 12.1 Å². The van der Waals surface area contributed by atoms with Gasteiger partial charge < -0.3 is 9.73 Å².